The quantitative estimate of drug-likeness (QED) is 0.798. The molecule has 2 amide bonds. The summed E-state index contributed by atoms with van der Waals surface area (Å²) in [5, 5.41) is 18.1. The van der Waals surface area contributed by atoms with E-state index in [2.05, 4.69) is 0 Å². The van der Waals surface area contributed by atoms with Crippen LogP contribution in [0.25, 0.3) is 6.08 Å². The van der Waals surface area contributed by atoms with Gasteiger partial charge >= 0.3 is 5.97 Å². The second kappa shape index (κ2) is 6.52. The van der Waals surface area contributed by atoms with Crippen molar-refractivity contribution in [1.82, 2.24) is 4.90 Å². The number of para-hydroxylation sites is 1. The number of ether oxygens (including phenoxy) is 1. The number of hydrogen-bond donors (Lipinski definition) is 2. The van der Waals surface area contributed by atoms with Gasteiger partial charge in [-0.3, -0.25) is 19.3 Å². The molecule has 7 nitrogen and oxygen atoms in total. The number of phenols is 1. The van der Waals surface area contributed by atoms with Gasteiger partial charge in [0, 0.05) is 5.56 Å². The van der Waals surface area contributed by atoms with Crippen molar-refractivity contribution in [3.05, 3.63) is 28.7 Å². The first kappa shape index (κ1) is 15.9. The van der Waals surface area contributed by atoms with Crippen LogP contribution < -0.4 is 4.74 Å². The van der Waals surface area contributed by atoms with E-state index in [1.54, 1.807) is 25.1 Å². The van der Waals surface area contributed by atoms with Crippen LogP contribution in [0.2, 0.25) is 0 Å². The minimum Gasteiger partial charge on any atom is -0.504 e. The predicted octanol–water partition coefficient (Wildman–Crippen LogP) is 1.91. The zero-order chi connectivity index (χ0) is 16.3. The first-order chi connectivity index (χ1) is 10.4. The Bertz CT molecular complexity index is 669. The van der Waals surface area contributed by atoms with E-state index in [0.29, 0.717) is 28.8 Å². The summed E-state index contributed by atoms with van der Waals surface area (Å²) >= 11 is 0.630. The molecule has 1 aliphatic heterocycles. The Kier molecular flexibility index (Phi) is 4.71. The number of hydrogen-bond acceptors (Lipinski definition) is 6. The summed E-state index contributed by atoms with van der Waals surface area (Å²) in [6.07, 6.45) is 1.34. The summed E-state index contributed by atoms with van der Waals surface area (Å²) in [5.74, 6) is -1.85. The maximum atomic E-state index is 12.0. The topological polar surface area (TPSA) is 104 Å². The van der Waals surface area contributed by atoms with E-state index < -0.39 is 23.7 Å². The molecule has 0 bridgehead atoms. The van der Waals surface area contributed by atoms with E-state index in [9.17, 15) is 19.5 Å². The van der Waals surface area contributed by atoms with Gasteiger partial charge in [0.05, 0.1) is 11.5 Å². The highest BCUT2D eigenvalue weighted by molar-refractivity contribution is 8.18. The lowest BCUT2D eigenvalue weighted by Gasteiger charge is -2.09. The van der Waals surface area contributed by atoms with Crippen LogP contribution in [-0.4, -0.2) is 45.4 Å². The van der Waals surface area contributed by atoms with Gasteiger partial charge in [-0.25, -0.2) is 0 Å². The number of carbonyl (C=O) groups excluding carboxylic acids is 2. The third kappa shape index (κ3) is 3.22. The zero-order valence-electron chi connectivity index (χ0n) is 11.6. The number of benzene rings is 1. The van der Waals surface area contributed by atoms with Crippen molar-refractivity contribution in [3.8, 4) is 11.5 Å². The molecular formula is C14H13NO6S. The summed E-state index contributed by atoms with van der Waals surface area (Å²) < 4.78 is 5.24. The molecule has 1 aliphatic rings. The monoisotopic (exact) mass is 323 g/mol. The van der Waals surface area contributed by atoms with Crippen LogP contribution in [0.4, 0.5) is 4.79 Å². The van der Waals surface area contributed by atoms with Crippen LogP contribution in [0.5, 0.6) is 11.5 Å². The summed E-state index contributed by atoms with van der Waals surface area (Å²) in [7, 11) is 0. The molecule has 116 valence electrons. The fourth-order valence-corrected chi connectivity index (χ4v) is 2.67. The van der Waals surface area contributed by atoms with Gasteiger partial charge in [0.1, 0.15) is 6.54 Å². The highest BCUT2D eigenvalue weighted by Crippen LogP contribution is 2.36. The molecule has 1 saturated heterocycles. The van der Waals surface area contributed by atoms with Crippen LogP contribution in [0, 0.1) is 0 Å². The summed E-state index contributed by atoms with van der Waals surface area (Å²) in [6.45, 7) is 1.45. The molecule has 22 heavy (non-hydrogen) atoms. The fraction of sp³-hybridized carbons (Fsp3) is 0.214. The van der Waals surface area contributed by atoms with Crippen LogP contribution in [0.1, 0.15) is 12.5 Å². The van der Waals surface area contributed by atoms with E-state index in [1.165, 1.54) is 6.08 Å². The first-order valence-corrected chi connectivity index (χ1v) is 7.17. The molecule has 1 heterocycles. The number of imide groups is 1. The average molecular weight is 323 g/mol. The number of aromatic hydroxyl groups is 1. The highest BCUT2D eigenvalue weighted by Gasteiger charge is 2.36. The standard InChI is InChI=1S/C14H13NO6S/c1-2-21-9-5-3-4-8(12(9)18)6-10-13(19)15(7-11(16)17)14(20)22-10/h3-6,18H,2,7H2,1H3,(H,16,17)/b10-6+. The van der Waals surface area contributed by atoms with Crippen molar-refractivity contribution < 1.29 is 29.3 Å². The maximum Gasteiger partial charge on any atom is 0.323 e. The Hall–Kier alpha value is -2.48. The van der Waals surface area contributed by atoms with Crippen molar-refractivity contribution in [2.24, 2.45) is 0 Å². The Morgan fingerprint density at radius 3 is 2.77 bits per heavy atom. The fourth-order valence-electron chi connectivity index (χ4n) is 1.84. The van der Waals surface area contributed by atoms with E-state index in [-0.39, 0.29) is 16.4 Å². The molecule has 0 radical (unpaired) electrons. The number of carbonyl (C=O) groups is 3. The molecule has 0 aromatic heterocycles. The molecule has 2 N–H and O–H groups in total. The lowest BCUT2D eigenvalue weighted by Crippen LogP contribution is -2.33. The Morgan fingerprint density at radius 2 is 2.14 bits per heavy atom. The predicted molar refractivity (Wildman–Crippen MR) is 79.6 cm³/mol. The third-order valence-corrected chi connectivity index (χ3v) is 3.69. The van der Waals surface area contributed by atoms with Crippen molar-refractivity contribution in [2.45, 2.75) is 6.92 Å². The molecule has 0 spiro atoms. The smallest absolute Gasteiger partial charge is 0.323 e. The molecule has 0 saturated carbocycles. The van der Waals surface area contributed by atoms with Crippen LogP contribution in [-0.2, 0) is 9.59 Å². The van der Waals surface area contributed by atoms with Crippen molar-refractivity contribution in [3.63, 3.8) is 0 Å². The van der Waals surface area contributed by atoms with Crippen LogP contribution in [0.3, 0.4) is 0 Å². The van der Waals surface area contributed by atoms with E-state index >= 15 is 0 Å². The SMILES string of the molecule is CCOc1cccc(/C=C2/SC(=O)N(CC(=O)O)C2=O)c1O. The molecule has 1 aromatic rings. The minimum atomic E-state index is -1.27. The molecular weight excluding hydrogens is 310 g/mol. The molecule has 0 aliphatic carbocycles. The van der Waals surface area contributed by atoms with Gasteiger partial charge in [-0.15, -0.1) is 0 Å². The van der Waals surface area contributed by atoms with Gasteiger partial charge in [-0.1, -0.05) is 12.1 Å². The Labute approximate surface area is 130 Å². The molecule has 1 aromatic carbocycles. The third-order valence-electron chi connectivity index (χ3n) is 2.78. The van der Waals surface area contributed by atoms with Crippen molar-refractivity contribution in [1.29, 1.82) is 0 Å². The number of phenolic OH excluding ortho intramolecular Hbond substituents is 1. The first-order valence-electron chi connectivity index (χ1n) is 6.36. The van der Waals surface area contributed by atoms with Gasteiger partial charge < -0.3 is 14.9 Å². The average Bonchev–Trinajstić information content (AvgIpc) is 2.71. The number of rotatable bonds is 5. The summed E-state index contributed by atoms with van der Waals surface area (Å²) in [5.41, 5.74) is 0.312. The Morgan fingerprint density at radius 1 is 1.41 bits per heavy atom. The molecule has 2 rings (SSSR count). The highest BCUT2D eigenvalue weighted by atomic mass is 32.2. The minimum absolute atomic E-state index is 0.0511. The number of carboxylic acid groups (broad SMARTS) is 1. The number of aliphatic carboxylic acids is 1. The molecule has 1 fully saturated rings. The second-order valence-corrected chi connectivity index (χ2v) is 5.28. The summed E-state index contributed by atoms with van der Waals surface area (Å²) in [6, 6.07) is 4.77. The van der Waals surface area contributed by atoms with Gasteiger partial charge in [0.25, 0.3) is 11.1 Å². The van der Waals surface area contributed by atoms with Crippen LogP contribution in [0.15, 0.2) is 23.1 Å². The normalized spacial score (nSPS) is 16.4. The van der Waals surface area contributed by atoms with Gasteiger partial charge in [0.2, 0.25) is 0 Å². The Balaban J connectivity index is 2.31. The van der Waals surface area contributed by atoms with Gasteiger partial charge in [-0.2, -0.15) is 0 Å². The molecule has 0 atom stereocenters. The van der Waals surface area contributed by atoms with E-state index in [0.717, 1.165) is 0 Å². The lowest BCUT2D eigenvalue weighted by atomic mass is 10.1. The second-order valence-electron chi connectivity index (χ2n) is 4.29. The summed E-state index contributed by atoms with van der Waals surface area (Å²) in [4.78, 5) is 35.0. The largest absolute Gasteiger partial charge is 0.504 e. The maximum absolute atomic E-state index is 12.0. The van der Waals surface area contributed by atoms with Crippen molar-refractivity contribution >= 4 is 35.0 Å². The number of carboxylic acids is 1. The lowest BCUT2D eigenvalue weighted by molar-refractivity contribution is -0.140. The van der Waals surface area contributed by atoms with Crippen LogP contribution >= 0.6 is 11.8 Å². The molecule has 8 heteroatoms. The number of amides is 2. The van der Waals surface area contributed by atoms with Gasteiger partial charge in [-0.05, 0) is 30.8 Å². The zero-order valence-corrected chi connectivity index (χ0v) is 12.4. The molecule has 0 unspecified atom stereocenters. The van der Waals surface area contributed by atoms with Crippen molar-refractivity contribution in [2.75, 3.05) is 13.2 Å². The van der Waals surface area contributed by atoms with E-state index in [1.807, 2.05) is 0 Å². The van der Waals surface area contributed by atoms with Gasteiger partial charge in [0.15, 0.2) is 11.5 Å². The number of nitrogens with zero attached hydrogens (tertiary/aromatic N) is 1. The number of thioether (sulfide) groups is 1. The van der Waals surface area contributed by atoms with E-state index in [4.69, 9.17) is 9.84 Å².